The molecule has 4 aromatic heterocycles. The second-order valence-electron chi connectivity index (χ2n) is 8.21. The molecule has 12 heteroatoms. The number of nitrogens with zero attached hydrogens (tertiary/aromatic N) is 6. The van der Waals surface area contributed by atoms with Crippen molar-refractivity contribution in [2.45, 2.75) is 41.2 Å². The monoisotopic (exact) mass is 500 g/mol. The number of thiazole rings is 1. The fourth-order valence-electron chi connectivity index (χ4n) is 4.54. The molecule has 1 fully saturated rings. The number of nitrogen functional groups attached to an aromatic ring is 1. The van der Waals surface area contributed by atoms with Crippen LogP contribution in [-0.4, -0.2) is 43.0 Å². The predicted octanol–water partition coefficient (Wildman–Crippen LogP) is 3.71. The SMILES string of the molecule is Cc1nc(N2CCC3(CC2)Oc2ncsc2[C@H]3N)n2ccnc2c1Sc1ccnc(N)c1Cl. The maximum atomic E-state index is 6.57. The molecule has 1 spiro atoms. The number of ether oxygens (including phenoxy) is 1. The van der Waals surface area contributed by atoms with E-state index in [1.807, 2.05) is 23.6 Å². The molecule has 6 rings (SSSR count). The molecule has 0 amide bonds. The summed E-state index contributed by atoms with van der Waals surface area (Å²) in [5.41, 5.74) is 15.6. The van der Waals surface area contributed by atoms with Crippen molar-refractivity contribution < 1.29 is 4.74 Å². The van der Waals surface area contributed by atoms with Crippen LogP contribution in [0.1, 0.15) is 29.5 Å². The first-order valence-corrected chi connectivity index (χ1v) is 12.6. The number of hydrogen-bond donors (Lipinski definition) is 2. The van der Waals surface area contributed by atoms with Gasteiger partial charge < -0.3 is 21.1 Å². The van der Waals surface area contributed by atoms with E-state index >= 15 is 0 Å². The lowest BCUT2D eigenvalue weighted by Crippen LogP contribution is -2.52. The van der Waals surface area contributed by atoms with Crippen LogP contribution in [0.5, 0.6) is 5.88 Å². The van der Waals surface area contributed by atoms with Crippen molar-refractivity contribution in [2.75, 3.05) is 23.7 Å². The smallest absolute Gasteiger partial charge is 0.230 e. The van der Waals surface area contributed by atoms with Gasteiger partial charge in [0, 0.05) is 49.4 Å². The first-order chi connectivity index (χ1) is 16.0. The highest BCUT2D eigenvalue weighted by Crippen LogP contribution is 2.48. The van der Waals surface area contributed by atoms with Crippen molar-refractivity contribution in [3.8, 4) is 5.88 Å². The summed E-state index contributed by atoms with van der Waals surface area (Å²) in [4.78, 5) is 23.0. The van der Waals surface area contributed by atoms with Gasteiger partial charge >= 0.3 is 0 Å². The van der Waals surface area contributed by atoms with Crippen LogP contribution in [0.15, 0.2) is 40.0 Å². The molecular weight excluding hydrogens is 480 g/mol. The van der Waals surface area contributed by atoms with Crippen molar-refractivity contribution in [3.05, 3.63) is 45.8 Å². The quantitative estimate of drug-likeness (QED) is 0.433. The highest BCUT2D eigenvalue weighted by molar-refractivity contribution is 7.99. The molecule has 6 heterocycles. The van der Waals surface area contributed by atoms with Gasteiger partial charge in [0.25, 0.3) is 0 Å². The van der Waals surface area contributed by atoms with E-state index in [-0.39, 0.29) is 11.6 Å². The molecule has 0 unspecified atom stereocenters. The number of imidazole rings is 1. The Morgan fingerprint density at radius 3 is 2.85 bits per heavy atom. The molecule has 0 saturated carbocycles. The standard InChI is InChI=1S/C21H21ClN8OS2/c1-11-14(33-12-2-5-25-17(24)13(12)22)18-26-6-9-30(18)20(28-11)29-7-3-21(4-8-29)16(23)15-19(31-21)27-10-32-15/h2,5-6,9-10,16H,3-4,7-8,23H2,1H3,(H2,24,25)/t16-/m1/s1. The van der Waals surface area contributed by atoms with Gasteiger partial charge in [0.1, 0.15) is 11.4 Å². The van der Waals surface area contributed by atoms with Crippen LogP contribution in [-0.2, 0) is 0 Å². The number of piperidine rings is 1. The van der Waals surface area contributed by atoms with E-state index in [2.05, 4.69) is 19.9 Å². The lowest BCUT2D eigenvalue weighted by molar-refractivity contribution is 0.0396. The van der Waals surface area contributed by atoms with E-state index in [9.17, 15) is 0 Å². The molecule has 4 aromatic rings. The zero-order valence-corrected chi connectivity index (χ0v) is 20.1. The van der Waals surface area contributed by atoms with E-state index in [0.29, 0.717) is 16.7 Å². The molecule has 1 atom stereocenters. The van der Waals surface area contributed by atoms with Crippen LogP contribution in [0.25, 0.3) is 5.65 Å². The number of halogens is 1. The van der Waals surface area contributed by atoms with E-state index in [1.165, 1.54) is 11.8 Å². The Kier molecular flexibility index (Phi) is 4.91. The largest absolute Gasteiger partial charge is 0.468 e. The summed E-state index contributed by atoms with van der Waals surface area (Å²) in [6.07, 6.45) is 6.98. The van der Waals surface area contributed by atoms with Crippen LogP contribution >= 0.6 is 34.7 Å². The van der Waals surface area contributed by atoms with Gasteiger partial charge in [-0.2, -0.15) is 0 Å². The lowest BCUT2D eigenvalue weighted by atomic mass is 9.85. The second kappa shape index (κ2) is 7.73. The van der Waals surface area contributed by atoms with Crippen LogP contribution in [0.4, 0.5) is 11.8 Å². The van der Waals surface area contributed by atoms with Crippen LogP contribution < -0.4 is 21.1 Å². The van der Waals surface area contributed by atoms with E-state index in [4.69, 9.17) is 32.8 Å². The van der Waals surface area contributed by atoms with Crippen molar-refractivity contribution in [1.82, 2.24) is 24.3 Å². The Hall–Kier alpha value is -2.60. The van der Waals surface area contributed by atoms with Crippen molar-refractivity contribution in [2.24, 2.45) is 5.73 Å². The maximum Gasteiger partial charge on any atom is 0.230 e. The molecule has 4 N–H and O–H groups in total. The van der Waals surface area contributed by atoms with Crippen molar-refractivity contribution in [1.29, 1.82) is 0 Å². The van der Waals surface area contributed by atoms with Crippen LogP contribution in [0, 0.1) is 6.92 Å². The lowest BCUT2D eigenvalue weighted by Gasteiger charge is -2.41. The van der Waals surface area contributed by atoms with Gasteiger partial charge in [0.15, 0.2) is 5.65 Å². The summed E-state index contributed by atoms with van der Waals surface area (Å²) < 4.78 is 8.28. The summed E-state index contributed by atoms with van der Waals surface area (Å²) in [5, 5.41) is 0.438. The van der Waals surface area contributed by atoms with E-state index in [0.717, 1.165) is 57.9 Å². The van der Waals surface area contributed by atoms with Crippen LogP contribution in [0.3, 0.4) is 0 Å². The molecule has 0 aliphatic carbocycles. The Bertz CT molecular complexity index is 1360. The van der Waals surface area contributed by atoms with Gasteiger partial charge in [0.2, 0.25) is 11.8 Å². The third-order valence-corrected chi connectivity index (χ3v) is 9.00. The fraction of sp³-hybridized carbons (Fsp3) is 0.333. The van der Waals surface area contributed by atoms with Gasteiger partial charge in [-0.3, -0.25) is 4.40 Å². The topological polar surface area (TPSA) is 120 Å². The number of rotatable bonds is 3. The Labute approximate surface area is 203 Å². The molecular formula is C21H21ClN8OS2. The minimum Gasteiger partial charge on any atom is -0.468 e. The molecule has 1 saturated heterocycles. The number of nitrogens with two attached hydrogens (primary N) is 2. The summed E-state index contributed by atoms with van der Waals surface area (Å²) in [6, 6.07) is 1.71. The van der Waals surface area contributed by atoms with Gasteiger partial charge in [-0.25, -0.2) is 19.9 Å². The number of aryl methyl sites for hydroxylation is 1. The van der Waals surface area contributed by atoms with Crippen LogP contribution in [0.2, 0.25) is 5.02 Å². The van der Waals surface area contributed by atoms with Crippen molar-refractivity contribution >= 4 is 52.1 Å². The summed E-state index contributed by atoms with van der Waals surface area (Å²) in [6.45, 7) is 3.55. The maximum absolute atomic E-state index is 6.57. The molecule has 0 bridgehead atoms. The van der Waals surface area contributed by atoms with E-state index in [1.54, 1.807) is 29.2 Å². The summed E-state index contributed by atoms with van der Waals surface area (Å²) in [7, 11) is 0. The zero-order valence-electron chi connectivity index (χ0n) is 17.7. The molecule has 0 aromatic carbocycles. The summed E-state index contributed by atoms with van der Waals surface area (Å²) in [5.74, 6) is 1.87. The number of hydrogen-bond acceptors (Lipinski definition) is 10. The van der Waals surface area contributed by atoms with Gasteiger partial charge in [-0.15, -0.1) is 11.3 Å². The molecule has 2 aliphatic rings. The minimum atomic E-state index is -0.386. The number of pyridine rings is 1. The minimum absolute atomic E-state index is 0.138. The molecule has 0 radical (unpaired) electrons. The Morgan fingerprint density at radius 2 is 2.06 bits per heavy atom. The van der Waals surface area contributed by atoms with Gasteiger partial charge in [-0.1, -0.05) is 23.4 Å². The first kappa shape index (κ1) is 21.0. The van der Waals surface area contributed by atoms with E-state index < -0.39 is 0 Å². The number of anilines is 2. The highest BCUT2D eigenvalue weighted by atomic mass is 35.5. The Morgan fingerprint density at radius 1 is 1.24 bits per heavy atom. The molecule has 33 heavy (non-hydrogen) atoms. The van der Waals surface area contributed by atoms with Crippen molar-refractivity contribution in [3.63, 3.8) is 0 Å². The zero-order chi connectivity index (χ0) is 22.7. The Balaban J connectivity index is 1.29. The third-order valence-electron chi connectivity index (χ3n) is 6.35. The fourth-order valence-corrected chi connectivity index (χ4v) is 6.57. The number of fused-ring (bicyclic) bond motifs is 2. The normalized spacial score (nSPS) is 19.2. The molecule has 9 nitrogen and oxygen atoms in total. The predicted molar refractivity (Wildman–Crippen MR) is 129 cm³/mol. The van der Waals surface area contributed by atoms with Gasteiger partial charge in [-0.05, 0) is 13.0 Å². The third kappa shape index (κ3) is 3.25. The molecule has 170 valence electrons. The molecule has 2 aliphatic heterocycles. The highest BCUT2D eigenvalue weighted by Gasteiger charge is 2.50. The van der Waals surface area contributed by atoms with Gasteiger partial charge in [0.05, 0.1) is 32.0 Å². The average molecular weight is 501 g/mol. The average Bonchev–Trinajstić information content (AvgIpc) is 3.52. The first-order valence-electron chi connectivity index (χ1n) is 10.5. The second-order valence-corrected chi connectivity index (χ2v) is 10.5. The summed E-state index contributed by atoms with van der Waals surface area (Å²) >= 11 is 9.45. The number of aromatic nitrogens is 5.